The molecule has 0 saturated heterocycles. The van der Waals surface area contributed by atoms with Gasteiger partial charge in [-0.2, -0.15) is 0 Å². The first-order valence-electron chi connectivity index (χ1n) is 8.45. The van der Waals surface area contributed by atoms with E-state index in [1.165, 1.54) is 0 Å². The van der Waals surface area contributed by atoms with Crippen molar-refractivity contribution in [1.29, 1.82) is 0 Å². The van der Waals surface area contributed by atoms with E-state index in [0.29, 0.717) is 17.7 Å². The molecular weight excluding hydrogens is 346 g/mol. The van der Waals surface area contributed by atoms with Crippen LogP contribution in [0.25, 0.3) is 22.2 Å². The van der Waals surface area contributed by atoms with Crippen LogP contribution < -0.4 is 5.32 Å². The molecule has 0 saturated carbocycles. The van der Waals surface area contributed by atoms with Crippen molar-refractivity contribution in [3.63, 3.8) is 0 Å². The summed E-state index contributed by atoms with van der Waals surface area (Å²) in [6.45, 7) is 1.93. The third kappa shape index (κ3) is 4.32. The van der Waals surface area contributed by atoms with Gasteiger partial charge in [0.15, 0.2) is 0 Å². The molecule has 0 aliphatic rings. The molecule has 1 amide bonds. The van der Waals surface area contributed by atoms with E-state index in [2.05, 4.69) is 15.3 Å². The van der Waals surface area contributed by atoms with Gasteiger partial charge in [-0.1, -0.05) is 18.2 Å². The molecule has 3 aromatic rings. The van der Waals surface area contributed by atoms with Crippen molar-refractivity contribution >= 4 is 27.6 Å². The van der Waals surface area contributed by atoms with Crippen molar-refractivity contribution in [1.82, 2.24) is 15.3 Å². The predicted molar refractivity (Wildman–Crippen MR) is 105 cm³/mol. The Bertz CT molecular complexity index is 944. The number of pyridine rings is 2. The van der Waals surface area contributed by atoms with Crippen LogP contribution >= 0.6 is 0 Å². The smallest absolute Gasteiger partial charge is 0.252 e. The van der Waals surface area contributed by atoms with Crippen LogP contribution in [0.4, 0.5) is 0 Å². The molecule has 2 heterocycles. The van der Waals surface area contributed by atoms with Crippen molar-refractivity contribution < 1.29 is 9.00 Å². The molecular formula is C20H21N3O2S. The Morgan fingerprint density at radius 3 is 2.65 bits per heavy atom. The number of aromatic nitrogens is 2. The van der Waals surface area contributed by atoms with Gasteiger partial charge in [0.1, 0.15) is 0 Å². The topological polar surface area (TPSA) is 72.0 Å². The summed E-state index contributed by atoms with van der Waals surface area (Å²) in [6.07, 6.45) is 5.76. The maximum atomic E-state index is 12.9. The molecule has 2 unspecified atom stereocenters. The van der Waals surface area contributed by atoms with E-state index in [1.807, 2.05) is 49.4 Å². The van der Waals surface area contributed by atoms with E-state index in [1.54, 1.807) is 18.6 Å². The maximum absolute atomic E-state index is 12.9. The van der Waals surface area contributed by atoms with Crippen LogP contribution in [0.1, 0.15) is 23.7 Å². The zero-order valence-corrected chi connectivity index (χ0v) is 15.6. The average Bonchev–Trinajstić information content (AvgIpc) is 2.66. The second-order valence-corrected chi connectivity index (χ2v) is 7.80. The number of carbonyl (C=O) groups is 1. The predicted octanol–water partition coefficient (Wildman–Crippen LogP) is 3.18. The fraction of sp³-hybridized carbons (Fsp3) is 0.250. The summed E-state index contributed by atoms with van der Waals surface area (Å²) in [7, 11) is -0.864. The highest BCUT2D eigenvalue weighted by molar-refractivity contribution is 7.84. The summed E-state index contributed by atoms with van der Waals surface area (Å²) in [5, 5.41) is 3.82. The van der Waals surface area contributed by atoms with Gasteiger partial charge in [-0.3, -0.25) is 14.0 Å². The Morgan fingerprint density at radius 1 is 1.19 bits per heavy atom. The minimum atomic E-state index is -0.864. The minimum absolute atomic E-state index is 0.0531. The van der Waals surface area contributed by atoms with Crippen molar-refractivity contribution in [2.24, 2.45) is 0 Å². The molecule has 2 aromatic heterocycles. The van der Waals surface area contributed by atoms with E-state index < -0.39 is 10.8 Å². The van der Waals surface area contributed by atoms with Gasteiger partial charge in [-0.15, -0.1) is 0 Å². The quantitative estimate of drug-likeness (QED) is 0.726. The Balaban J connectivity index is 1.96. The van der Waals surface area contributed by atoms with Crippen LogP contribution in [-0.2, 0) is 10.8 Å². The molecule has 1 N–H and O–H groups in total. The Morgan fingerprint density at radius 2 is 1.92 bits per heavy atom. The number of hydrogen-bond donors (Lipinski definition) is 1. The molecule has 6 heteroatoms. The number of rotatable bonds is 6. The van der Waals surface area contributed by atoms with Gasteiger partial charge >= 0.3 is 0 Å². The molecule has 2 atom stereocenters. The first-order valence-corrected chi connectivity index (χ1v) is 10.2. The number of fused-ring (bicyclic) bond motifs is 1. The van der Waals surface area contributed by atoms with E-state index in [-0.39, 0.29) is 11.9 Å². The summed E-state index contributed by atoms with van der Waals surface area (Å²) in [6, 6.07) is 13.1. The molecule has 134 valence electrons. The van der Waals surface area contributed by atoms with E-state index in [9.17, 15) is 9.00 Å². The van der Waals surface area contributed by atoms with Crippen molar-refractivity contribution in [2.45, 2.75) is 19.4 Å². The summed E-state index contributed by atoms with van der Waals surface area (Å²) in [5.74, 6) is 0.425. The molecule has 0 bridgehead atoms. The summed E-state index contributed by atoms with van der Waals surface area (Å²) in [4.78, 5) is 21.6. The zero-order chi connectivity index (χ0) is 18.5. The van der Waals surface area contributed by atoms with Crippen LogP contribution in [-0.4, -0.2) is 38.1 Å². The van der Waals surface area contributed by atoms with Gasteiger partial charge < -0.3 is 5.32 Å². The number of hydrogen-bond acceptors (Lipinski definition) is 4. The van der Waals surface area contributed by atoms with Gasteiger partial charge in [0.05, 0.1) is 16.8 Å². The molecule has 3 rings (SSSR count). The first kappa shape index (κ1) is 18.2. The van der Waals surface area contributed by atoms with Crippen LogP contribution in [0.5, 0.6) is 0 Å². The Hall–Kier alpha value is -2.60. The minimum Gasteiger partial charge on any atom is -0.350 e. The molecule has 0 spiro atoms. The lowest BCUT2D eigenvalue weighted by molar-refractivity contribution is 0.0941. The van der Waals surface area contributed by atoms with Gasteiger partial charge in [0, 0.05) is 52.2 Å². The number of nitrogens with zero attached hydrogens (tertiary/aromatic N) is 2. The Kier molecular flexibility index (Phi) is 5.73. The zero-order valence-electron chi connectivity index (χ0n) is 14.8. The summed E-state index contributed by atoms with van der Waals surface area (Å²) in [5.41, 5.74) is 3.01. The maximum Gasteiger partial charge on any atom is 0.252 e. The number of carbonyl (C=O) groups excluding carboxylic acids is 1. The van der Waals surface area contributed by atoms with Crippen molar-refractivity contribution in [2.75, 3.05) is 12.0 Å². The lowest BCUT2D eigenvalue weighted by atomic mass is 10.0. The van der Waals surface area contributed by atoms with Crippen molar-refractivity contribution in [3.05, 3.63) is 60.4 Å². The summed E-state index contributed by atoms with van der Waals surface area (Å²) >= 11 is 0. The highest BCUT2D eigenvalue weighted by Crippen LogP contribution is 2.24. The largest absolute Gasteiger partial charge is 0.350 e. The van der Waals surface area contributed by atoms with Gasteiger partial charge in [0.25, 0.3) is 5.91 Å². The normalized spacial score (nSPS) is 13.3. The first-order chi connectivity index (χ1) is 12.5. The number of benzene rings is 1. The lowest BCUT2D eigenvalue weighted by Crippen LogP contribution is -2.33. The molecule has 0 aliphatic heterocycles. The molecule has 5 nitrogen and oxygen atoms in total. The lowest BCUT2D eigenvalue weighted by Gasteiger charge is -2.15. The number of para-hydroxylation sites is 1. The third-order valence-electron chi connectivity index (χ3n) is 4.15. The molecule has 26 heavy (non-hydrogen) atoms. The number of nitrogens with one attached hydrogen (secondary N) is 1. The van der Waals surface area contributed by atoms with Gasteiger partial charge in [0.2, 0.25) is 0 Å². The van der Waals surface area contributed by atoms with Crippen molar-refractivity contribution in [3.8, 4) is 11.3 Å². The van der Waals surface area contributed by atoms with Gasteiger partial charge in [-0.25, -0.2) is 4.98 Å². The SMILES string of the molecule is CC(CCS(C)=O)NC(=O)c1cc(-c2ccncc2)nc2ccccc12. The van der Waals surface area contributed by atoms with E-state index in [0.717, 1.165) is 22.2 Å². The van der Waals surface area contributed by atoms with E-state index >= 15 is 0 Å². The second kappa shape index (κ2) is 8.19. The van der Waals surface area contributed by atoms with Gasteiger partial charge in [-0.05, 0) is 37.6 Å². The van der Waals surface area contributed by atoms with Crippen LogP contribution in [0.3, 0.4) is 0 Å². The molecule has 0 aliphatic carbocycles. The standard InChI is InChI=1S/C20H21N3O2S/c1-14(9-12-26(2)25)22-20(24)17-13-19(15-7-10-21-11-8-15)23-18-6-4-3-5-16(17)18/h3-8,10-11,13-14H,9,12H2,1-2H3,(H,22,24). The third-order valence-corrected chi connectivity index (χ3v) is 4.96. The Labute approximate surface area is 155 Å². The molecule has 0 radical (unpaired) electrons. The van der Waals surface area contributed by atoms with Crippen LogP contribution in [0, 0.1) is 0 Å². The monoisotopic (exact) mass is 367 g/mol. The van der Waals surface area contributed by atoms with Crippen LogP contribution in [0.15, 0.2) is 54.9 Å². The van der Waals surface area contributed by atoms with Crippen LogP contribution in [0.2, 0.25) is 0 Å². The fourth-order valence-corrected chi connectivity index (χ4v) is 3.44. The highest BCUT2D eigenvalue weighted by Gasteiger charge is 2.16. The average molecular weight is 367 g/mol. The fourth-order valence-electron chi connectivity index (χ4n) is 2.75. The summed E-state index contributed by atoms with van der Waals surface area (Å²) < 4.78 is 11.3. The number of amides is 1. The second-order valence-electron chi connectivity index (χ2n) is 6.25. The van der Waals surface area contributed by atoms with E-state index in [4.69, 9.17) is 0 Å². The highest BCUT2D eigenvalue weighted by atomic mass is 32.2. The molecule has 1 aromatic carbocycles. The molecule has 0 fully saturated rings.